The number of ether oxygens (including phenoxy) is 1. The summed E-state index contributed by atoms with van der Waals surface area (Å²) in [7, 11) is 0. The van der Waals surface area contributed by atoms with E-state index in [0.717, 1.165) is 6.07 Å². The number of amides is 2. The first-order valence-corrected chi connectivity index (χ1v) is 7.38. The number of alkyl halides is 3. The van der Waals surface area contributed by atoms with Gasteiger partial charge in [0.1, 0.15) is 0 Å². The molecule has 0 radical (unpaired) electrons. The van der Waals surface area contributed by atoms with E-state index in [1.807, 2.05) is 0 Å². The molecule has 0 fully saturated rings. The fraction of sp³-hybridized carbons (Fsp3) is 0.176. The van der Waals surface area contributed by atoms with Crippen LogP contribution in [0.3, 0.4) is 0 Å². The summed E-state index contributed by atoms with van der Waals surface area (Å²) < 4.78 is 41.3. The van der Waals surface area contributed by atoms with Gasteiger partial charge >= 0.3 is 6.36 Å². The van der Waals surface area contributed by atoms with Gasteiger partial charge in [-0.1, -0.05) is 30.3 Å². The molecule has 2 N–H and O–H groups in total. The lowest BCUT2D eigenvalue weighted by molar-refractivity contribution is -0.274. The number of halogens is 3. The largest absolute Gasteiger partial charge is 0.573 e. The van der Waals surface area contributed by atoms with E-state index in [1.54, 1.807) is 24.3 Å². The molecule has 1 atom stereocenters. The number of hydrogen-bond donors (Lipinski definition) is 2. The summed E-state index contributed by atoms with van der Waals surface area (Å²) in [6.45, 7) is 0. The van der Waals surface area contributed by atoms with Crippen molar-refractivity contribution in [2.24, 2.45) is 0 Å². The number of carbonyl (C=O) groups excluding carboxylic acids is 2. The SMILES string of the molecule is O=C1C[C@H](C(=O)Nc2ccccc2OC(F)(F)F)c2ccccc2N1. The Morgan fingerprint density at radius 3 is 2.56 bits per heavy atom. The molecule has 2 aromatic rings. The molecule has 0 saturated heterocycles. The molecule has 2 amide bonds. The molecule has 5 nitrogen and oxygen atoms in total. The maximum absolute atomic E-state index is 12.6. The minimum atomic E-state index is -4.88. The van der Waals surface area contributed by atoms with Crippen LogP contribution < -0.4 is 15.4 Å². The number of hydrogen-bond acceptors (Lipinski definition) is 3. The van der Waals surface area contributed by atoms with Gasteiger partial charge in [0.25, 0.3) is 0 Å². The molecule has 3 rings (SSSR count). The van der Waals surface area contributed by atoms with Gasteiger partial charge in [0.2, 0.25) is 11.8 Å². The fourth-order valence-corrected chi connectivity index (χ4v) is 2.65. The van der Waals surface area contributed by atoms with Crippen LogP contribution in [0, 0.1) is 0 Å². The first-order valence-electron chi connectivity index (χ1n) is 7.38. The van der Waals surface area contributed by atoms with Gasteiger partial charge in [-0.25, -0.2) is 0 Å². The van der Waals surface area contributed by atoms with Crippen LogP contribution in [0.25, 0.3) is 0 Å². The van der Waals surface area contributed by atoms with E-state index in [-0.39, 0.29) is 18.0 Å². The lowest BCUT2D eigenvalue weighted by Gasteiger charge is -2.25. The van der Waals surface area contributed by atoms with Crippen molar-refractivity contribution in [1.29, 1.82) is 0 Å². The highest BCUT2D eigenvalue weighted by Crippen LogP contribution is 2.35. The lowest BCUT2D eigenvalue weighted by atomic mass is 9.90. The zero-order valence-corrected chi connectivity index (χ0v) is 12.8. The van der Waals surface area contributed by atoms with Gasteiger partial charge in [0.05, 0.1) is 11.6 Å². The molecule has 0 bridgehead atoms. The number of rotatable bonds is 3. The van der Waals surface area contributed by atoms with Crippen molar-refractivity contribution in [3.8, 4) is 5.75 Å². The highest BCUT2D eigenvalue weighted by atomic mass is 19.4. The number of nitrogens with one attached hydrogen (secondary N) is 2. The number of carbonyl (C=O) groups is 2. The molecule has 1 heterocycles. The third-order valence-corrected chi connectivity index (χ3v) is 3.69. The second kappa shape index (κ2) is 6.46. The highest BCUT2D eigenvalue weighted by molar-refractivity contribution is 6.05. The van der Waals surface area contributed by atoms with Crippen LogP contribution in [0.5, 0.6) is 5.75 Å². The molecule has 0 aliphatic carbocycles. The van der Waals surface area contributed by atoms with Gasteiger partial charge < -0.3 is 15.4 Å². The Labute approximate surface area is 140 Å². The third kappa shape index (κ3) is 3.90. The predicted octanol–water partition coefficient (Wildman–Crippen LogP) is 3.65. The minimum Gasteiger partial charge on any atom is -0.404 e. The molecule has 1 aliphatic rings. The highest BCUT2D eigenvalue weighted by Gasteiger charge is 2.34. The van der Waals surface area contributed by atoms with Crippen LogP contribution in [0.2, 0.25) is 0 Å². The Hall–Kier alpha value is -3.03. The van der Waals surface area contributed by atoms with Gasteiger partial charge in [-0.15, -0.1) is 13.2 Å². The van der Waals surface area contributed by atoms with Crippen LogP contribution in [0.4, 0.5) is 24.5 Å². The summed E-state index contributed by atoms with van der Waals surface area (Å²) in [6, 6.07) is 12.0. The molecule has 130 valence electrons. The molecule has 2 aromatic carbocycles. The van der Waals surface area contributed by atoms with Gasteiger partial charge in [0, 0.05) is 12.1 Å². The summed E-state index contributed by atoms with van der Waals surface area (Å²) in [6.07, 6.45) is -4.97. The first-order chi connectivity index (χ1) is 11.8. The van der Waals surface area contributed by atoms with E-state index in [2.05, 4.69) is 15.4 Å². The summed E-state index contributed by atoms with van der Waals surface area (Å²) in [5.74, 6) is -2.24. The van der Waals surface area contributed by atoms with E-state index in [9.17, 15) is 22.8 Å². The van der Waals surface area contributed by atoms with Crippen LogP contribution in [-0.2, 0) is 9.59 Å². The molecule has 0 aromatic heterocycles. The van der Waals surface area contributed by atoms with Gasteiger partial charge in [0.15, 0.2) is 5.75 Å². The Morgan fingerprint density at radius 1 is 1.12 bits per heavy atom. The smallest absolute Gasteiger partial charge is 0.404 e. The quantitative estimate of drug-likeness (QED) is 0.888. The zero-order chi connectivity index (χ0) is 18.0. The average Bonchev–Trinajstić information content (AvgIpc) is 2.54. The van der Waals surface area contributed by atoms with Crippen molar-refractivity contribution < 1.29 is 27.5 Å². The van der Waals surface area contributed by atoms with Gasteiger partial charge in [-0.2, -0.15) is 0 Å². The second-order valence-electron chi connectivity index (χ2n) is 5.43. The standard InChI is InChI=1S/C17H13F3N2O3/c18-17(19,20)25-14-8-4-3-7-13(14)22-16(24)11-9-15(23)21-12-6-2-1-5-10(11)12/h1-8,11H,9H2,(H,21,23)(H,22,24)/t11-/m0/s1. The maximum atomic E-state index is 12.6. The van der Waals surface area contributed by atoms with Crippen LogP contribution in [-0.4, -0.2) is 18.2 Å². The Kier molecular flexibility index (Phi) is 4.35. The lowest BCUT2D eigenvalue weighted by Crippen LogP contribution is -2.31. The monoisotopic (exact) mass is 350 g/mol. The molecule has 25 heavy (non-hydrogen) atoms. The van der Waals surface area contributed by atoms with E-state index in [0.29, 0.717) is 11.3 Å². The van der Waals surface area contributed by atoms with E-state index in [1.165, 1.54) is 18.2 Å². The second-order valence-corrected chi connectivity index (χ2v) is 5.43. The van der Waals surface area contributed by atoms with Crippen molar-refractivity contribution in [1.82, 2.24) is 0 Å². The average molecular weight is 350 g/mol. The third-order valence-electron chi connectivity index (χ3n) is 3.69. The number of para-hydroxylation sites is 3. The molecular formula is C17H13F3N2O3. The summed E-state index contributed by atoms with van der Waals surface area (Å²) >= 11 is 0. The van der Waals surface area contributed by atoms with Crippen molar-refractivity contribution >= 4 is 23.2 Å². The Morgan fingerprint density at radius 2 is 1.80 bits per heavy atom. The molecule has 0 saturated carbocycles. The maximum Gasteiger partial charge on any atom is 0.573 e. The summed E-state index contributed by atoms with van der Waals surface area (Å²) in [4.78, 5) is 24.3. The van der Waals surface area contributed by atoms with Crippen LogP contribution >= 0.6 is 0 Å². The zero-order valence-electron chi connectivity index (χ0n) is 12.8. The topological polar surface area (TPSA) is 67.4 Å². The van der Waals surface area contributed by atoms with Crippen molar-refractivity contribution in [3.63, 3.8) is 0 Å². The van der Waals surface area contributed by atoms with Crippen LogP contribution in [0.1, 0.15) is 17.9 Å². The van der Waals surface area contributed by atoms with E-state index < -0.39 is 23.9 Å². The molecule has 8 heteroatoms. The number of benzene rings is 2. The minimum absolute atomic E-state index is 0.0921. The van der Waals surface area contributed by atoms with Crippen molar-refractivity contribution in [3.05, 3.63) is 54.1 Å². The van der Waals surface area contributed by atoms with Crippen molar-refractivity contribution in [2.75, 3.05) is 10.6 Å². The predicted molar refractivity (Wildman–Crippen MR) is 84.2 cm³/mol. The van der Waals surface area contributed by atoms with Gasteiger partial charge in [-0.3, -0.25) is 9.59 Å². The molecule has 1 aliphatic heterocycles. The molecular weight excluding hydrogens is 337 g/mol. The fourth-order valence-electron chi connectivity index (χ4n) is 2.65. The van der Waals surface area contributed by atoms with Gasteiger partial charge in [-0.05, 0) is 23.8 Å². The normalized spacial score (nSPS) is 16.6. The van der Waals surface area contributed by atoms with Crippen LogP contribution in [0.15, 0.2) is 48.5 Å². The molecule has 0 spiro atoms. The number of fused-ring (bicyclic) bond motifs is 1. The number of anilines is 2. The van der Waals surface area contributed by atoms with E-state index >= 15 is 0 Å². The van der Waals surface area contributed by atoms with Crippen molar-refractivity contribution in [2.45, 2.75) is 18.7 Å². The Balaban J connectivity index is 1.85. The summed E-state index contributed by atoms with van der Waals surface area (Å²) in [5, 5.41) is 5.08. The first kappa shape index (κ1) is 16.8. The van der Waals surface area contributed by atoms with E-state index in [4.69, 9.17) is 0 Å². The summed E-state index contributed by atoms with van der Waals surface area (Å²) in [5.41, 5.74) is 1.00. The molecule has 0 unspecified atom stereocenters. The Bertz CT molecular complexity index is 821.